The molecule has 0 radical (unpaired) electrons. The Labute approximate surface area is 111 Å². The van der Waals surface area contributed by atoms with Crippen LogP contribution in [0.2, 0.25) is 0 Å². The predicted molar refractivity (Wildman–Crippen MR) is 75.4 cm³/mol. The maximum Gasteiger partial charge on any atom is 0.0512 e. The first-order valence-electron chi connectivity index (χ1n) is 6.66. The Kier molecular flexibility index (Phi) is 5.36. The largest absolute Gasteiger partial charge is 0.396 e. The van der Waals surface area contributed by atoms with E-state index in [2.05, 4.69) is 32.9 Å². The third kappa shape index (κ3) is 4.79. The lowest BCUT2D eigenvalue weighted by atomic mass is 9.75. The molecule has 0 bridgehead atoms. The van der Waals surface area contributed by atoms with Gasteiger partial charge in [-0.05, 0) is 30.2 Å². The van der Waals surface area contributed by atoms with E-state index in [1.54, 1.807) is 0 Å². The average molecular weight is 250 g/mol. The maximum atomic E-state index is 9.67. The molecule has 0 amide bonds. The molecule has 1 aromatic carbocycles. The molecule has 0 unspecified atom stereocenters. The average Bonchev–Trinajstić information content (AvgIpc) is 2.35. The molecule has 0 spiro atoms. The summed E-state index contributed by atoms with van der Waals surface area (Å²) < 4.78 is 0. The number of aliphatic hydroxyl groups excluding tert-OH is 2. The van der Waals surface area contributed by atoms with Crippen LogP contribution in [-0.2, 0) is 6.42 Å². The minimum Gasteiger partial charge on any atom is -0.396 e. The molecule has 0 aromatic heterocycles. The van der Waals surface area contributed by atoms with Crippen LogP contribution in [0.15, 0.2) is 30.3 Å². The highest BCUT2D eigenvalue weighted by molar-refractivity contribution is 5.16. The van der Waals surface area contributed by atoms with E-state index in [9.17, 15) is 10.2 Å². The Hall–Kier alpha value is -0.860. The Morgan fingerprint density at radius 1 is 0.889 bits per heavy atom. The van der Waals surface area contributed by atoms with Crippen molar-refractivity contribution >= 4 is 0 Å². The number of benzene rings is 1. The molecule has 0 saturated heterocycles. The number of hydrogen-bond acceptors (Lipinski definition) is 2. The van der Waals surface area contributed by atoms with Crippen molar-refractivity contribution < 1.29 is 10.2 Å². The molecule has 0 aliphatic rings. The second kappa shape index (κ2) is 6.35. The molecule has 1 rings (SSSR count). The van der Waals surface area contributed by atoms with Crippen LogP contribution < -0.4 is 0 Å². The van der Waals surface area contributed by atoms with E-state index in [1.807, 2.05) is 18.2 Å². The maximum absolute atomic E-state index is 9.67. The summed E-state index contributed by atoms with van der Waals surface area (Å²) in [4.78, 5) is 0. The van der Waals surface area contributed by atoms with E-state index in [0.717, 1.165) is 19.3 Å². The van der Waals surface area contributed by atoms with E-state index < -0.39 is 5.41 Å². The molecule has 0 aliphatic carbocycles. The van der Waals surface area contributed by atoms with Crippen LogP contribution in [0.4, 0.5) is 0 Å². The van der Waals surface area contributed by atoms with Crippen molar-refractivity contribution in [2.45, 2.75) is 40.0 Å². The van der Waals surface area contributed by atoms with Gasteiger partial charge in [0.1, 0.15) is 0 Å². The molecule has 102 valence electrons. The zero-order valence-electron chi connectivity index (χ0n) is 11.8. The second-order valence-electron chi connectivity index (χ2n) is 6.54. The molecule has 0 aliphatic heterocycles. The summed E-state index contributed by atoms with van der Waals surface area (Å²) >= 11 is 0. The fourth-order valence-electron chi connectivity index (χ4n) is 2.08. The van der Waals surface area contributed by atoms with Crippen LogP contribution in [0.3, 0.4) is 0 Å². The lowest BCUT2D eigenvalue weighted by Crippen LogP contribution is -2.33. The summed E-state index contributed by atoms with van der Waals surface area (Å²) in [6, 6.07) is 10.1. The highest BCUT2D eigenvalue weighted by Crippen LogP contribution is 2.33. The standard InChI is InChI=1S/C16H26O2/c1-15(2,3)9-10-16(12-17,13-18)11-14-7-5-4-6-8-14/h4-8,17-18H,9-13H2,1-3H3. The molecule has 0 fully saturated rings. The van der Waals surface area contributed by atoms with Crippen LogP contribution in [0.5, 0.6) is 0 Å². The quantitative estimate of drug-likeness (QED) is 0.814. The van der Waals surface area contributed by atoms with Crippen molar-refractivity contribution in [3.05, 3.63) is 35.9 Å². The molecule has 2 heteroatoms. The van der Waals surface area contributed by atoms with Crippen LogP contribution >= 0.6 is 0 Å². The van der Waals surface area contributed by atoms with Crippen molar-refractivity contribution in [2.24, 2.45) is 10.8 Å². The van der Waals surface area contributed by atoms with Gasteiger partial charge in [-0.3, -0.25) is 0 Å². The van der Waals surface area contributed by atoms with Gasteiger partial charge in [0.2, 0.25) is 0 Å². The van der Waals surface area contributed by atoms with Gasteiger partial charge in [0.05, 0.1) is 13.2 Å². The first-order chi connectivity index (χ1) is 8.41. The Morgan fingerprint density at radius 3 is 1.89 bits per heavy atom. The van der Waals surface area contributed by atoms with Gasteiger partial charge >= 0.3 is 0 Å². The summed E-state index contributed by atoms with van der Waals surface area (Å²) in [5, 5.41) is 19.3. The molecular formula is C16H26O2. The van der Waals surface area contributed by atoms with Crippen molar-refractivity contribution in [2.75, 3.05) is 13.2 Å². The molecule has 18 heavy (non-hydrogen) atoms. The molecular weight excluding hydrogens is 224 g/mol. The second-order valence-corrected chi connectivity index (χ2v) is 6.54. The third-order valence-corrected chi connectivity index (χ3v) is 3.50. The number of rotatable bonds is 6. The Morgan fingerprint density at radius 2 is 1.44 bits per heavy atom. The van der Waals surface area contributed by atoms with Gasteiger partial charge in [-0.2, -0.15) is 0 Å². The normalized spacial score (nSPS) is 12.7. The van der Waals surface area contributed by atoms with Crippen molar-refractivity contribution in [1.29, 1.82) is 0 Å². The van der Waals surface area contributed by atoms with Gasteiger partial charge in [-0.1, -0.05) is 51.1 Å². The van der Waals surface area contributed by atoms with E-state index in [0.29, 0.717) is 0 Å². The topological polar surface area (TPSA) is 40.5 Å². The smallest absolute Gasteiger partial charge is 0.0512 e. The van der Waals surface area contributed by atoms with Gasteiger partial charge in [0, 0.05) is 5.41 Å². The minimum atomic E-state index is -0.394. The van der Waals surface area contributed by atoms with Crippen molar-refractivity contribution in [3.63, 3.8) is 0 Å². The first-order valence-corrected chi connectivity index (χ1v) is 6.66. The SMILES string of the molecule is CC(C)(C)CCC(CO)(CO)Cc1ccccc1. The summed E-state index contributed by atoms with van der Waals surface area (Å²) in [7, 11) is 0. The lowest BCUT2D eigenvalue weighted by Gasteiger charge is -2.33. The van der Waals surface area contributed by atoms with Crippen LogP contribution in [0.25, 0.3) is 0 Å². The highest BCUT2D eigenvalue weighted by atomic mass is 16.3. The van der Waals surface area contributed by atoms with Crippen molar-refractivity contribution in [1.82, 2.24) is 0 Å². The first kappa shape index (κ1) is 15.2. The molecule has 0 atom stereocenters. The van der Waals surface area contributed by atoms with Crippen LogP contribution in [-0.4, -0.2) is 23.4 Å². The highest BCUT2D eigenvalue weighted by Gasteiger charge is 2.30. The van der Waals surface area contributed by atoms with Gasteiger partial charge in [-0.25, -0.2) is 0 Å². The monoisotopic (exact) mass is 250 g/mol. The van der Waals surface area contributed by atoms with Crippen molar-refractivity contribution in [3.8, 4) is 0 Å². The number of aliphatic hydroxyl groups is 2. The summed E-state index contributed by atoms with van der Waals surface area (Å²) in [5.41, 5.74) is 1.01. The summed E-state index contributed by atoms with van der Waals surface area (Å²) in [6.45, 7) is 6.64. The fraction of sp³-hybridized carbons (Fsp3) is 0.625. The minimum absolute atomic E-state index is 0.0362. The Bertz CT molecular complexity index is 334. The zero-order valence-corrected chi connectivity index (χ0v) is 11.8. The summed E-state index contributed by atoms with van der Waals surface area (Å²) in [6.07, 6.45) is 2.58. The molecule has 2 N–H and O–H groups in total. The Balaban J connectivity index is 2.74. The van der Waals surface area contributed by atoms with E-state index in [1.165, 1.54) is 5.56 Å². The van der Waals surface area contributed by atoms with E-state index in [-0.39, 0.29) is 18.6 Å². The van der Waals surface area contributed by atoms with Gasteiger partial charge in [0.25, 0.3) is 0 Å². The molecule has 0 heterocycles. The zero-order chi connectivity index (χ0) is 13.6. The van der Waals surface area contributed by atoms with Gasteiger partial charge < -0.3 is 10.2 Å². The molecule has 1 aromatic rings. The third-order valence-electron chi connectivity index (χ3n) is 3.50. The molecule has 0 saturated carbocycles. The lowest BCUT2D eigenvalue weighted by molar-refractivity contribution is 0.0380. The van der Waals surface area contributed by atoms with Crippen LogP contribution in [0.1, 0.15) is 39.2 Å². The predicted octanol–water partition coefficient (Wildman–Crippen LogP) is 3.03. The number of hydrogen-bond donors (Lipinski definition) is 2. The fourth-order valence-corrected chi connectivity index (χ4v) is 2.08. The van der Waals surface area contributed by atoms with Gasteiger partial charge in [-0.15, -0.1) is 0 Å². The van der Waals surface area contributed by atoms with E-state index in [4.69, 9.17) is 0 Å². The summed E-state index contributed by atoms with van der Waals surface area (Å²) in [5.74, 6) is 0. The van der Waals surface area contributed by atoms with Crippen LogP contribution in [0, 0.1) is 10.8 Å². The molecule has 2 nitrogen and oxygen atoms in total. The van der Waals surface area contributed by atoms with Gasteiger partial charge in [0.15, 0.2) is 0 Å². The van der Waals surface area contributed by atoms with E-state index >= 15 is 0 Å².